The van der Waals surface area contributed by atoms with Crippen LogP contribution in [0.4, 0.5) is 10.5 Å². The smallest absolute Gasteiger partial charge is 0.319 e. The van der Waals surface area contributed by atoms with Crippen molar-refractivity contribution in [2.45, 2.75) is 75.7 Å². The molecular formula is C27H41N5O5. The SMILES string of the molecule is CN(C)CCCNC(=O)C[C@@H]1CC[C@H]2[C@@H](COc3ccc(NC(=O)NC4CCCC4)cc3C(=O)N2C)O1. The van der Waals surface area contributed by atoms with Crippen LogP contribution >= 0.6 is 0 Å². The van der Waals surface area contributed by atoms with Crippen LogP contribution in [0.1, 0.15) is 61.7 Å². The topological polar surface area (TPSA) is 112 Å². The van der Waals surface area contributed by atoms with Gasteiger partial charge in [-0.3, -0.25) is 9.59 Å². The van der Waals surface area contributed by atoms with Gasteiger partial charge >= 0.3 is 6.03 Å². The van der Waals surface area contributed by atoms with Gasteiger partial charge in [-0.1, -0.05) is 12.8 Å². The fourth-order valence-electron chi connectivity index (χ4n) is 5.43. The van der Waals surface area contributed by atoms with Crippen molar-refractivity contribution in [2.75, 3.05) is 46.2 Å². The van der Waals surface area contributed by atoms with E-state index >= 15 is 0 Å². The maximum atomic E-state index is 13.4. The number of benzene rings is 1. The third-order valence-corrected chi connectivity index (χ3v) is 7.48. The highest BCUT2D eigenvalue weighted by molar-refractivity contribution is 5.99. The minimum atomic E-state index is -0.322. The lowest BCUT2D eigenvalue weighted by molar-refractivity contribution is -0.134. The summed E-state index contributed by atoms with van der Waals surface area (Å²) in [6.07, 6.45) is 6.38. The highest BCUT2D eigenvalue weighted by Crippen LogP contribution is 2.32. The fraction of sp³-hybridized carbons (Fsp3) is 0.667. The van der Waals surface area contributed by atoms with Gasteiger partial charge in [0.1, 0.15) is 18.5 Å². The van der Waals surface area contributed by atoms with E-state index in [1.54, 1.807) is 30.1 Å². The zero-order valence-electron chi connectivity index (χ0n) is 22.3. The normalized spacial score (nSPS) is 23.9. The van der Waals surface area contributed by atoms with E-state index in [4.69, 9.17) is 9.47 Å². The summed E-state index contributed by atoms with van der Waals surface area (Å²) in [5.41, 5.74) is 0.965. The molecule has 1 aliphatic carbocycles. The molecule has 3 N–H and O–H groups in total. The molecule has 1 aromatic carbocycles. The van der Waals surface area contributed by atoms with Gasteiger partial charge in [0, 0.05) is 25.3 Å². The van der Waals surface area contributed by atoms with E-state index in [9.17, 15) is 14.4 Å². The summed E-state index contributed by atoms with van der Waals surface area (Å²) in [5.74, 6) is 0.271. The standard InChI is InChI=1S/C27H41N5O5/c1-31(2)14-6-13-28-25(33)16-20-10-11-22-24(37-20)17-36-23-12-9-19(15-21(23)26(34)32(22)3)30-27(35)29-18-7-4-5-8-18/h9,12,15,18,20,22,24H,4-8,10-11,13-14,16-17H2,1-3H3,(H,28,33)(H2,29,30,35)/t20-,22-,24+/m0/s1. The number of anilines is 1. The third kappa shape index (κ3) is 7.35. The fourth-order valence-corrected chi connectivity index (χ4v) is 5.43. The van der Waals surface area contributed by atoms with Crippen molar-refractivity contribution >= 4 is 23.5 Å². The molecule has 2 aliphatic heterocycles. The number of nitrogens with one attached hydrogen (secondary N) is 3. The predicted molar refractivity (Wildman–Crippen MR) is 141 cm³/mol. The molecule has 10 nitrogen and oxygen atoms in total. The Morgan fingerprint density at radius 1 is 1.14 bits per heavy atom. The summed E-state index contributed by atoms with van der Waals surface area (Å²) in [5, 5.41) is 8.82. The second-order valence-corrected chi connectivity index (χ2v) is 10.7. The Morgan fingerprint density at radius 2 is 1.92 bits per heavy atom. The Morgan fingerprint density at radius 3 is 2.68 bits per heavy atom. The van der Waals surface area contributed by atoms with E-state index in [1.165, 1.54) is 0 Å². The number of carbonyl (C=O) groups is 3. The highest BCUT2D eigenvalue weighted by atomic mass is 16.5. The van der Waals surface area contributed by atoms with Crippen molar-refractivity contribution < 1.29 is 23.9 Å². The molecule has 0 radical (unpaired) electrons. The molecule has 0 aromatic heterocycles. The van der Waals surface area contributed by atoms with Crippen LogP contribution in [-0.2, 0) is 9.53 Å². The molecule has 3 atom stereocenters. The number of hydrogen-bond acceptors (Lipinski definition) is 6. The van der Waals surface area contributed by atoms with Crippen molar-refractivity contribution in [2.24, 2.45) is 0 Å². The van der Waals surface area contributed by atoms with Gasteiger partial charge in [-0.25, -0.2) is 4.79 Å². The lowest BCUT2D eigenvalue weighted by Crippen LogP contribution is -2.54. The zero-order chi connectivity index (χ0) is 26.4. The van der Waals surface area contributed by atoms with E-state index in [0.29, 0.717) is 36.4 Å². The molecule has 37 heavy (non-hydrogen) atoms. The third-order valence-electron chi connectivity index (χ3n) is 7.48. The molecule has 1 aromatic rings. The van der Waals surface area contributed by atoms with Gasteiger partial charge < -0.3 is 35.2 Å². The molecule has 4 amide bonds. The predicted octanol–water partition coefficient (Wildman–Crippen LogP) is 2.59. The Hall–Kier alpha value is -2.85. The molecule has 2 heterocycles. The summed E-state index contributed by atoms with van der Waals surface area (Å²) in [4.78, 5) is 42.0. The van der Waals surface area contributed by atoms with E-state index in [2.05, 4.69) is 20.9 Å². The van der Waals surface area contributed by atoms with Gasteiger partial charge in [0.05, 0.1) is 24.1 Å². The summed E-state index contributed by atoms with van der Waals surface area (Å²) in [6, 6.07) is 4.94. The molecule has 2 fully saturated rings. The number of rotatable bonds is 8. The largest absolute Gasteiger partial charge is 0.490 e. The molecular weight excluding hydrogens is 474 g/mol. The number of hydrogen-bond donors (Lipinski definition) is 3. The molecule has 1 saturated carbocycles. The molecule has 3 aliphatic rings. The van der Waals surface area contributed by atoms with E-state index in [0.717, 1.165) is 45.1 Å². The Kier molecular flexibility index (Phi) is 9.26. The van der Waals surface area contributed by atoms with Crippen molar-refractivity contribution in [3.8, 4) is 5.75 Å². The van der Waals surface area contributed by atoms with Gasteiger partial charge in [0.15, 0.2) is 0 Å². The average Bonchev–Trinajstić information content (AvgIpc) is 3.37. The molecule has 1 saturated heterocycles. The first-order valence-corrected chi connectivity index (χ1v) is 13.5. The second-order valence-electron chi connectivity index (χ2n) is 10.7. The summed E-state index contributed by atoms with van der Waals surface area (Å²) in [7, 11) is 5.80. The average molecular weight is 516 g/mol. The summed E-state index contributed by atoms with van der Waals surface area (Å²) >= 11 is 0. The quantitative estimate of drug-likeness (QED) is 0.459. The lowest BCUT2D eigenvalue weighted by Gasteiger charge is -2.42. The van der Waals surface area contributed by atoms with E-state index in [-0.39, 0.29) is 48.7 Å². The summed E-state index contributed by atoms with van der Waals surface area (Å²) < 4.78 is 12.3. The first-order chi connectivity index (χ1) is 17.8. The van der Waals surface area contributed by atoms with Crippen LogP contribution in [0.5, 0.6) is 5.75 Å². The molecule has 10 heteroatoms. The highest BCUT2D eigenvalue weighted by Gasteiger charge is 2.39. The molecule has 0 spiro atoms. The maximum absolute atomic E-state index is 13.4. The van der Waals surface area contributed by atoms with Crippen LogP contribution in [0.15, 0.2) is 18.2 Å². The lowest BCUT2D eigenvalue weighted by atomic mass is 9.94. The Bertz CT molecular complexity index is 965. The summed E-state index contributed by atoms with van der Waals surface area (Å²) in [6.45, 7) is 1.85. The van der Waals surface area contributed by atoms with Crippen LogP contribution in [0.3, 0.4) is 0 Å². The van der Waals surface area contributed by atoms with E-state index in [1.807, 2.05) is 14.1 Å². The van der Waals surface area contributed by atoms with Gasteiger partial charge in [0.2, 0.25) is 5.91 Å². The first-order valence-electron chi connectivity index (χ1n) is 13.5. The molecule has 4 rings (SSSR count). The molecule has 204 valence electrons. The number of urea groups is 1. The maximum Gasteiger partial charge on any atom is 0.319 e. The van der Waals surface area contributed by atoms with Gasteiger partial charge in [-0.15, -0.1) is 0 Å². The van der Waals surface area contributed by atoms with Crippen LogP contribution in [0, 0.1) is 0 Å². The van der Waals surface area contributed by atoms with Crippen molar-refractivity contribution in [3.63, 3.8) is 0 Å². The van der Waals surface area contributed by atoms with Gasteiger partial charge in [-0.05, 0) is 70.9 Å². The Balaban J connectivity index is 1.34. The van der Waals surface area contributed by atoms with Gasteiger partial charge in [0.25, 0.3) is 5.91 Å². The number of nitrogens with zero attached hydrogens (tertiary/aromatic N) is 2. The van der Waals surface area contributed by atoms with Crippen LogP contribution in [0.25, 0.3) is 0 Å². The molecule has 0 unspecified atom stereocenters. The van der Waals surface area contributed by atoms with E-state index < -0.39 is 0 Å². The number of likely N-dealkylation sites (N-methyl/N-ethyl adjacent to an activating group) is 1. The minimum absolute atomic E-state index is 0.0132. The van der Waals surface area contributed by atoms with Crippen molar-refractivity contribution in [3.05, 3.63) is 23.8 Å². The van der Waals surface area contributed by atoms with Crippen molar-refractivity contribution in [1.82, 2.24) is 20.4 Å². The Labute approximate surface area is 219 Å². The monoisotopic (exact) mass is 515 g/mol. The number of amides is 4. The number of carbonyl (C=O) groups excluding carboxylic acids is 3. The van der Waals surface area contributed by atoms with Crippen molar-refractivity contribution in [1.29, 1.82) is 0 Å². The zero-order valence-corrected chi connectivity index (χ0v) is 22.3. The second kappa shape index (κ2) is 12.6. The van der Waals surface area contributed by atoms with Gasteiger partial charge in [-0.2, -0.15) is 0 Å². The molecule has 0 bridgehead atoms. The van der Waals surface area contributed by atoms with Crippen LogP contribution in [-0.4, -0.2) is 92.8 Å². The number of ether oxygens (including phenoxy) is 2. The minimum Gasteiger partial charge on any atom is -0.490 e. The number of fused-ring (bicyclic) bond motifs is 2. The first kappa shape index (κ1) is 27.2. The van der Waals surface area contributed by atoms with Crippen LogP contribution in [0.2, 0.25) is 0 Å². The van der Waals surface area contributed by atoms with Crippen LogP contribution < -0.4 is 20.7 Å².